The highest BCUT2D eigenvalue weighted by Gasteiger charge is 2.17. The van der Waals surface area contributed by atoms with Crippen LogP contribution in [-0.4, -0.2) is 20.9 Å². The first kappa shape index (κ1) is 9.86. The van der Waals surface area contributed by atoms with Crippen molar-refractivity contribution in [2.24, 2.45) is 4.99 Å². The van der Waals surface area contributed by atoms with Crippen molar-refractivity contribution in [3.63, 3.8) is 0 Å². The zero-order valence-electron chi connectivity index (χ0n) is 8.44. The molecule has 0 radical (unpaired) electrons. The number of aliphatic hydroxyl groups excluding tert-OH is 1. The SMILES string of the molecule is Cc1ncc(CO)c(C2=NC=CC2)c1O. The van der Waals surface area contributed by atoms with Gasteiger partial charge in [-0.1, -0.05) is 6.08 Å². The molecule has 15 heavy (non-hydrogen) atoms. The summed E-state index contributed by atoms with van der Waals surface area (Å²) in [5, 5.41) is 19.1. The Kier molecular flexibility index (Phi) is 2.51. The molecule has 78 valence electrons. The second-order valence-electron chi connectivity index (χ2n) is 3.42. The highest BCUT2D eigenvalue weighted by Crippen LogP contribution is 2.27. The van der Waals surface area contributed by atoms with Gasteiger partial charge in [0.25, 0.3) is 0 Å². The summed E-state index contributed by atoms with van der Waals surface area (Å²) in [5.74, 6) is 0.115. The van der Waals surface area contributed by atoms with Crippen molar-refractivity contribution in [3.8, 4) is 5.75 Å². The van der Waals surface area contributed by atoms with Gasteiger partial charge in [0.1, 0.15) is 5.75 Å². The number of allylic oxidation sites excluding steroid dienone is 1. The molecular weight excluding hydrogens is 192 g/mol. The standard InChI is InChI=1S/C11H12N2O2/c1-7-11(15)10(8(6-14)5-13-7)9-3-2-4-12-9/h2,4-5,14-15H,3,6H2,1H3. The van der Waals surface area contributed by atoms with Crippen LogP contribution in [0.2, 0.25) is 0 Å². The number of aromatic nitrogens is 1. The maximum absolute atomic E-state index is 9.89. The molecule has 2 N–H and O–H groups in total. The molecule has 1 aromatic rings. The fourth-order valence-electron chi connectivity index (χ4n) is 1.60. The van der Waals surface area contributed by atoms with Crippen LogP contribution in [0.3, 0.4) is 0 Å². The third kappa shape index (κ3) is 1.64. The molecule has 1 aromatic heterocycles. The molecule has 0 bridgehead atoms. The van der Waals surface area contributed by atoms with Crippen molar-refractivity contribution in [2.75, 3.05) is 0 Å². The Morgan fingerprint density at radius 1 is 1.47 bits per heavy atom. The Bertz CT molecular complexity index is 450. The van der Waals surface area contributed by atoms with Gasteiger partial charge in [0.05, 0.1) is 18.0 Å². The lowest BCUT2D eigenvalue weighted by atomic mass is 10.0. The molecule has 0 amide bonds. The molecule has 1 aliphatic heterocycles. The maximum Gasteiger partial charge on any atom is 0.146 e. The van der Waals surface area contributed by atoms with Gasteiger partial charge in [-0.25, -0.2) is 0 Å². The lowest BCUT2D eigenvalue weighted by Gasteiger charge is -2.10. The Morgan fingerprint density at radius 3 is 2.87 bits per heavy atom. The summed E-state index contributed by atoms with van der Waals surface area (Å²) in [4.78, 5) is 8.15. The molecular formula is C11H12N2O2. The zero-order chi connectivity index (χ0) is 10.8. The van der Waals surface area contributed by atoms with Gasteiger partial charge in [0, 0.05) is 29.9 Å². The summed E-state index contributed by atoms with van der Waals surface area (Å²) in [6.07, 6.45) is 5.87. The molecule has 0 unspecified atom stereocenters. The van der Waals surface area contributed by atoms with Crippen LogP contribution in [-0.2, 0) is 6.61 Å². The topological polar surface area (TPSA) is 65.7 Å². The van der Waals surface area contributed by atoms with Crippen molar-refractivity contribution in [1.82, 2.24) is 4.98 Å². The molecule has 0 aliphatic carbocycles. The maximum atomic E-state index is 9.89. The van der Waals surface area contributed by atoms with Crippen molar-refractivity contribution in [3.05, 3.63) is 35.3 Å². The largest absolute Gasteiger partial charge is 0.505 e. The Labute approximate surface area is 87.6 Å². The first-order valence-corrected chi connectivity index (χ1v) is 4.74. The van der Waals surface area contributed by atoms with E-state index in [4.69, 9.17) is 5.11 Å². The van der Waals surface area contributed by atoms with Crippen molar-refractivity contribution in [1.29, 1.82) is 0 Å². The van der Waals surface area contributed by atoms with Gasteiger partial charge in [0.2, 0.25) is 0 Å². The number of aliphatic hydroxyl groups is 1. The van der Waals surface area contributed by atoms with Gasteiger partial charge in [-0.15, -0.1) is 0 Å². The quantitative estimate of drug-likeness (QED) is 0.763. The third-order valence-electron chi connectivity index (χ3n) is 2.42. The van der Waals surface area contributed by atoms with Gasteiger partial charge < -0.3 is 10.2 Å². The molecule has 2 heterocycles. The molecule has 0 saturated carbocycles. The fourth-order valence-corrected chi connectivity index (χ4v) is 1.60. The van der Waals surface area contributed by atoms with Crippen LogP contribution >= 0.6 is 0 Å². The minimum absolute atomic E-state index is 0.115. The molecule has 0 atom stereocenters. The second-order valence-corrected chi connectivity index (χ2v) is 3.42. The average Bonchev–Trinajstić information content (AvgIpc) is 2.75. The van der Waals surface area contributed by atoms with E-state index >= 15 is 0 Å². The molecule has 0 aromatic carbocycles. The fraction of sp³-hybridized carbons (Fsp3) is 0.273. The van der Waals surface area contributed by atoms with Crippen LogP contribution in [0.5, 0.6) is 5.75 Å². The second kappa shape index (κ2) is 3.82. The number of pyridine rings is 1. The number of rotatable bonds is 2. The summed E-state index contributed by atoms with van der Waals surface area (Å²) < 4.78 is 0. The van der Waals surface area contributed by atoms with E-state index in [2.05, 4.69) is 9.98 Å². The van der Waals surface area contributed by atoms with Crippen LogP contribution in [0.15, 0.2) is 23.5 Å². The zero-order valence-corrected chi connectivity index (χ0v) is 8.44. The smallest absolute Gasteiger partial charge is 0.146 e. The summed E-state index contributed by atoms with van der Waals surface area (Å²) in [7, 11) is 0. The molecule has 0 spiro atoms. The minimum atomic E-state index is -0.144. The average molecular weight is 204 g/mol. The number of aryl methyl sites for hydroxylation is 1. The number of aliphatic imine (C=N–C) groups is 1. The third-order valence-corrected chi connectivity index (χ3v) is 2.42. The van der Waals surface area contributed by atoms with Crippen molar-refractivity contribution < 1.29 is 10.2 Å². The Balaban J connectivity index is 2.56. The van der Waals surface area contributed by atoms with E-state index in [0.29, 0.717) is 23.2 Å². The summed E-state index contributed by atoms with van der Waals surface area (Å²) in [6.45, 7) is 1.58. The Hall–Kier alpha value is -1.68. The van der Waals surface area contributed by atoms with Crippen LogP contribution in [0.1, 0.15) is 23.2 Å². The summed E-state index contributed by atoms with van der Waals surface area (Å²) in [6, 6.07) is 0. The van der Waals surface area contributed by atoms with Gasteiger partial charge in [-0.3, -0.25) is 9.98 Å². The lowest BCUT2D eigenvalue weighted by Crippen LogP contribution is -2.05. The Morgan fingerprint density at radius 2 is 2.27 bits per heavy atom. The van der Waals surface area contributed by atoms with Crippen LogP contribution < -0.4 is 0 Å². The van der Waals surface area contributed by atoms with E-state index < -0.39 is 0 Å². The van der Waals surface area contributed by atoms with Crippen LogP contribution in [0, 0.1) is 6.92 Å². The van der Waals surface area contributed by atoms with Gasteiger partial charge >= 0.3 is 0 Å². The first-order valence-electron chi connectivity index (χ1n) is 4.74. The van der Waals surface area contributed by atoms with E-state index in [1.807, 2.05) is 6.08 Å². The number of hydrogen-bond donors (Lipinski definition) is 2. The lowest BCUT2D eigenvalue weighted by molar-refractivity contribution is 0.280. The molecule has 0 saturated heterocycles. The molecule has 4 heteroatoms. The van der Waals surface area contributed by atoms with Crippen molar-refractivity contribution >= 4 is 5.71 Å². The van der Waals surface area contributed by atoms with Gasteiger partial charge in [0.15, 0.2) is 0 Å². The normalized spacial score (nSPS) is 14.4. The first-order chi connectivity index (χ1) is 7.24. The molecule has 0 fully saturated rings. The minimum Gasteiger partial charge on any atom is -0.505 e. The number of aromatic hydroxyl groups is 1. The van der Waals surface area contributed by atoms with Gasteiger partial charge in [-0.2, -0.15) is 0 Å². The van der Waals surface area contributed by atoms with Crippen LogP contribution in [0.25, 0.3) is 0 Å². The molecule has 1 aliphatic rings. The van der Waals surface area contributed by atoms with E-state index in [-0.39, 0.29) is 12.4 Å². The monoisotopic (exact) mass is 204 g/mol. The van der Waals surface area contributed by atoms with E-state index in [9.17, 15) is 5.11 Å². The van der Waals surface area contributed by atoms with Crippen molar-refractivity contribution in [2.45, 2.75) is 20.0 Å². The predicted molar refractivity (Wildman–Crippen MR) is 56.9 cm³/mol. The van der Waals surface area contributed by atoms with Gasteiger partial charge in [-0.05, 0) is 6.92 Å². The predicted octanol–water partition coefficient (Wildman–Crippen LogP) is 1.29. The number of hydrogen-bond acceptors (Lipinski definition) is 4. The highest BCUT2D eigenvalue weighted by molar-refractivity contribution is 6.06. The summed E-state index contributed by atoms with van der Waals surface area (Å²) in [5.41, 5.74) is 2.56. The van der Waals surface area contributed by atoms with Crippen LogP contribution in [0.4, 0.5) is 0 Å². The highest BCUT2D eigenvalue weighted by atomic mass is 16.3. The summed E-state index contributed by atoms with van der Waals surface area (Å²) >= 11 is 0. The van der Waals surface area contributed by atoms with E-state index in [1.165, 1.54) is 0 Å². The van der Waals surface area contributed by atoms with E-state index in [0.717, 1.165) is 5.71 Å². The van der Waals surface area contributed by atoms with E-state index in [1.54, 1.807) is 19.3 Å². The molecule has 2 rings (SSSR count). The molecule has 4 nitrogen and oxygen atoms in total. The number of nitrogens with zero attached hydrogens (tertiary/aromatic N) is 2.